The lowest BCUT2D eigenvalue weighted by atomic mass is 9.85. The zero-order valence-corrected chi connectivity index (χ0v) is 8.12. The Kier molecular flexibility index (Phi) is 2.37. The molecule has 70 valence electrons. The molecule has 1 aliphatic heterocycles. The van der Waals surface area contributed by atoms with Crippen LogP contribution in [-0.4, -0.2) is 30.8 Å². The SMILES string of the molecule is C[C@H]1O[C@H]2CCCC[C@@H]2CN1C. The molecule has 0 aromatic rings. The summed E-state index contributed by atoms with van der Waals surface area (Å²) in [4.78, 5) is 2.33. The van der Waals surface area contributed by atoms with Crippen molar-refractivity contribution in [1.29, 1.82) is 0 Å². The van der Waals surface area contributed by atoms with Crippen molar-refractivity contribution in [1.82, 2.24) is 4.90 Å². The van der Waals surface area contributed by atoms with Gasteiger partial charge in [-0.25, -0.2) is 0 Å². The average molecular weight is 169 g/mol. The maximum absolute atomic E-state index is 5.93. The number of nitrogens with zero attached hydrogens (tertiary/aromatic N) is 1. The van der Waals surface area contributed by atoms with Crippen LogP contribution in [0.15, 0.2) is 0 Å². The van der Waals surface area contributed by atoms with E-state index in [0.29, 0.717) is 12.3 Å². The molecule has 0 spiro atoms. The standard InChI is InChI=1S/C10H19NO/c1-8-11(2)7-9-5-3-4-6-10(9)12-8/h8-10H,3-7H2,1-2H3/t8-,9-,10+/m1/s1. The van der Waals surface area contributed by atoms with Crippen molar-refractivity contribution in [2.45, 2.75) is 44.9 Å². The summed E-state index contributed by atoms with van der Waals surface area (Å²) < 4.78 is 5.93. The van der Waals surface area contributed by atoms with E-state index in [1.165, 1.54) is 32.2 Å². The van der Waals surface area contributed by atoms with Crippen molar-refractivity contribution >= 4 is 0 Å². The van der Waals surface area contributed by atoms with Gasteiger partial charge in [-0.2, -0.15) is 0 Å². The molecule has 3 atom stereocenters. The first-order chi connectivity index (χ1) is 5.77. The summed E-state index contributed by atoms with van der Waals surface area (Å²) in [5.74, 6) is 0.819. The normalized spacial score (nSPS) is 44.0. The van der Waals surface area contributed by atoms with Crippen LogP contribution in [0.4, 0.5) is 0 Å². The second-order valence-corrected chi connectivity index (χ2v) is 4.26. The molecule has 2 nitrogen and oxygen atoms in total. The van der Waals surface area contributed by atoms with E-state index >= 15 is 0 Å². The van der Waals surface area contributed by atoms with Gasteiger partial charge in [-0.3, -0.25) is 4.90 Å². The smallest absolute Gasteiger partial charge is 0.107 e. The molecule has 2 rings (SSSR count). The summed E-state index contributed by atoms with van der Waals surface area (Å²) in [5.41, 5.74) is 0. The van der Waals surface area contributed by atoms with Gasteiger partial charge in [0.15, 0.2) is 0 Å². The van der Waals surface area contributed by atoms with Gasteiger partial charge in [0.2, 0.25) is 0 Å². The highest BCUT2D eigenvalue weighted by molar-refractivity contribution is 4.82. The molecule has 0 aromatic carbocycles. The van der Waals surface area contributed by atoms with Crippen LogP contribution in [0, 0.1) is 5.92 Å². The van der Waals surface area contributed by atoms with Gasteiger partial charge in [0.25, 0.3) is 0 Å². The lowest BCUT2D eigenvalue weighted by Gasteiger charge is -2.43. The molecule has 1 aliphatic carbocycles. The maximum Gasteiger partial charge on any atom is 0.107 e. The summed E-state index contributed by atoms with van der Waals surface area (Å²) in [7, 11) is 2.16. The van der Waals surface area contributed by atoms with E-state index in [-0.39, 0.29) is 0 Å². The molecule has 12 heavy (non-hydrogen) atoms. The van der Waals surface area contributed by atoms with E-state index in [9.17, 15) is 0 Å². The van der Waals surface area contributed by atoms with Crippen molar-refractivity contribution in [2.75, 3.05) is 13.6 Å². The molecule has 0 radical (unpaired) electrons. The third-order valence-corrected chi connectivity index (χ3v) is 3.35. The zero-order valence-electron chi connectivity index (χ0n) is 8.12. The second-order valence-electron chi connectivity index (χ2n) is 4.26. The lowest BCUT2D eigenvalue weighted by molar-refractivity contribution is -0.159. The molecular weight excluding hydrogens is 150 g/mol. The average Bonchev–Trinajstić information content (AvgIpc) is 2.07. The van der Waals surface area contributed by atoms with E-state index in [2.05, 4.69) is 18.9 Å². The Balaban J connectivity index is 1.98. The number of hydrogen-bond donors (Lipinski definition) is 0. The van der Waals surface area contributed by atoms with Crippen molar-refractivity contribution < 1.29 is 4.74 Å². The summed E-state index contributed by atoms with van der Waals surface area (Å²) in [6.07, 6.45) is 6.36. The minimum atomic E-state index is 0.337. The molecule has 0 aromatic heterocycles. The van der Waals surface area contributed by atoms with Crippen LogP contribution in [0.3, 0.4) is 0 Å². The predicted octanol–water partition coefficient (Wildman–Crippen LogP) is 1.85. The van der Waals surface area contributed by atoms with Gasteiger partial charge >= 0.3 is 0 Å². The monoisotopic (exact) mass is 169 g/mol. The van der Waals surface area contributed by atoms with Gasteiger partial charge in [0.1, 0.15) is 6.23 Å². The summed E-state index contributed by atoms with van der Waals surface area (Å²) in [6, 6.07) is 0. The van der Waals surface area contributed by atoms with Crippen LogP contribution in [0.1, 0.15) is 32.6 Å². The molecule has 0 amide bonds. The molecular formula is C10H19NO. The molecule has 0 unspecified atom stereocenters. The lowest BCUT2D eigenvalue weighted by Crippen LogP contribution is -2.49. The molecule has 1 saturated heterocycles. The Morgan fingerprint density at radius 1 is 1.25 bits per heavy atom. The first-order valence-corrected chi connectivity index (χ1v) is 5.13. The third kappa shape index (κ3) is 1.50. The summed E-state index contributed by atoms with van der Waals surface area (Å²) >= 11 is 0. The molecule has 0 bridgehead atoms. The fourth-order valence-corrected chi connectivity index (χ4v) is 2.44. The molecule has 2 fully saturated rings. The van der Waals surface area contributed by atoms with E-state index in [0.717, 1.165) is 5.92 Å². The molecule has 2 heteroatoms. The largest absolute Gasteiger partial charge is 0.360 e. The van der Waals surface area contributed by atoms with E-state index in [1.807, 2.05) is 0 Å². The van der Waals surface area contributed by atoms with Crippen molar-refractivity contribution in [3.8, 4) is 0 Å². The van der Waals surface area contributed by atoms with Gasteiger partial charge in [-0.1, -0.05) is 12.8 Å². The topological polar surface area (TPSA) is 12.5 Å². The number of hydrogen-bond acceptors (Lipinski definition) is 2. The van der Waals surface area contributed by atoms with E-state index in [4.69, 9.17) is 4.74 Å². The molecule has 0 N–H and O–H groups in total. The first kappa shape index (κ1) is 8.52. The van der Waals surface area contributed by atoms with Crippen molar-refractivity contribution in [3.63, 3.8) is 0 Å². The van der Waals surface area contributed by atoms with Gasteiger partial charge in [-0.05, 0) is 32.7 Å². The summed E-state index contributed by atoms with van der Waals surface area (Å²) in [5, 5.41) is 0. The van der Waals surface area contributed by atoms with Crippen LogP contribution < -0.4 is 0 Å². The highest BCUT2D eigenvalue weighted by atomic mass is 16.5. The third-order valence-electron chi connectivity index (χ3n) is 3.35. The van der Waals surface area contributed by atoms with Gasteiger partial charge in [0.05, 0.1) is 6.10 Å². The van der Waals surface area contributed by atoms with Crippen LogP contribution in [0.5, 0.6) is 0 Å². The van der Waals surface area contributed by atoms with Gasteiger partial charge in [-0.15, -0.1) is 0 Å². The Morgan fingerprint density at radius 2 is 2.00 bits per heavy atom. The highest BCUT2D eigenvalue weighted by Gasteiger charge is 2.33. The zero-order chi connectivity index (χ0) is 8.55. The molecule has 1 heterocycles. The fraction of sp³-hybridized carbons (Fsp3) is 1.00. The van der Waals surface area contributed by atoms with Crippen LogP contribution >= 0.6 is 0 Å². The molecule has 1 saturated carbocycles. The van der Waals surface area contributed by atoms with E-state index in [1.54, 1.807) is 0 Å². The maximum atomic E-state index is 5.93. The van der Waals surface area contributed by atoms with Gasteiger partial charge < -0.3 is 4.74 Å². The minimum absolute atomic E-state index is 0.337. The Bertz CT molecular complexity index is 142. The van der Waals surface area contributed by atoms with Crippen molar-refractivity contribution in [3.05, 3.63) is 0 Å². The minimum Gasteiger partial charge on any atom is -0.360 e. The fourth-order valence-electron chi connectivity index (χ4n) is 2.44. The number of ether oxygens (including phenoxy) is 1. The highest BCUT2D eigenvalue weighted by Crippen LogP contribution is 2.31. The van der Waals surface area contributed by atoms with Gasteiger partial charge in [0, 0.05) is 6.54 Å². The first-order valence-electron chi connectivity index (χ1n) is 5.13. The predicted molar refractivity (Wildman–Crippen MR) is 48.9 cm³/mol. The van der Waals surface area contributed by atoms with Crippen LogP contribution in [0.25, 0.3) is 0 Å². The van der Waals surface area contributed by atoms with Crippen molar-refractivity contribution in [2.24, 2.45) is 5.92 Å². The van der Waals surface area contributed by atoms with E-state index < -0.39 is 0 Å². The Morgan fingerprint density at radius 3 is 2.83 bits per heavy atom. The van der Waals surface area contributed by atoms with Crippen LogP contribution in [0.2, 0.25) is 0 Å². The Hall–Kier alpha value is -0.0800. The van der Waals surface area contributed by atoms with Crippen LogP contribution in [-0.2, 0) is 4.74 Å². The number of fused-ring (bicyclic) bond motifs is 1. The second kappa shape index (κ2) is 3.35. The number of rotatable bonds is 0. The summed E-state index contributed by atoms with van der Waals surface area (Å²) in [6.45, 7) is 3.40. The Labute approximate surface area is 74.9 Å². The molecule has 2 aliphatic rings. The quantitative estimate of drug-likeness (QED) is 0.549.